The number of sulfonamides is 1. The van der Waals surface area contributed by atoms with Gasteiger partial charge in [-0.15, -0.1) is 0 Å². The quantitative estimate of drug-likeness (QED) is 0.508. The number of carbonyl (C=O) groups is 1. The Labute approximate surface area is 190 Å². The largest absolute Gasteiger partial charge is 0.347 e. The second-order valence-electron chi connectivity index (χ2n) is 8.92. The molecular formula is C21H26N6O5S. The lowest BCUT2D eigenvalue weighted by molar-refractivity contribution is -0.129. The first-order chi connectivity index (χ1) is 15.4. The van der Waals surface area contributed by atoms with Crippen LogP contribution in [0, 0.1) is 0 Å². The van der Waals surface area contributed by atoms with Gasteiger partial charge in [-0.05, 0) is 38.0 Å². The number of hydrogen-bond acceptors (Lipinski definition) is 6. The van der Waals surface area contributed by atoms with E-state index in [1.54, 1.807) is 32.0 Å². The molecule has 1 aliphatic carbocycles. The average molecular weight is 475 g/mol. The molecule has 12 heteroatoms. The highest BCUT2D eigenvalue weighted by Gasteiger charge is 2.41. The van der Waals surface area contributed by atoms with Gasteiger partial charge in [0, 0.05) is 38.4 Å². The Balaban J connectivity index is 1.91. The Hall–Kier alpha value is -3.25. The lowest BCUT2D eigenvalue weighted by Crippen LogP contribution is -2.42. The van der Waals surface area contributed by atoms with Crippen LogP contribution in [-0.2, 0) is 35.0 Å². The Bertz CT molecular complexity index is 1480. The molecule has 1 aliphatic rings. The summed E-state index contributed by atoms with van der Waals surface area (Å²) in [5, 5.41) is 4.09. The fraction of sp³-hybridized carbons (Fsp3) is 0.429. The van der Waals surface area contributed by atoms with Crippen LogP contribution in [0.1, 0.15) is 25.3 Å². The maximum absolute atomic E-state index is 13.3. The number of rotatable bonds is 7. The van der Waals surface area contributed by atoms with Gasteiger partial charge in [-0.2, -0.15) is 5.10 Å². The first-order valence-electron chi connectivity index (χ1n) is 10.4. The number of likely N-dealkylation sites (N-methyl/N-ethyl adjacent to an activating group) is 1. The van der Waals surface area contributed by atoms with E-state index in [0.717, 1.165) is 17.4 Å². The third kappa shape index (κ3) is 4.48. The molecule has 0 radical (unpaired) electrons. The fourth-order valence-corrected chi connectivity index (χ4v) is 5.04. The van der Waals surface area contributed by atoms with Gasteiger partial charge in [-0.3, -0.25) is 23.4 Å². The molecule has 11 nitrogen and oxygen atoms in total. The normalized spacial score (nSPS) is 15.0. The molecule has 0 aliphatic heterocycles. The monoisotopic (exact) mass is 474 g/mol. The maximum Gasteiger partial charge on any atom is 0.332 e. The van der Waals surface area contributed by atoms with Crippen molar-refractivity contribution in [1.82, 2.24) is 28.5 Å². The zero-order chi connectivity index (χ0) is 24.1. The van der Waals surface area contributed by atoms with Crippen molar-refractivity contribution in [2.24, 2.45) is 7.05 Å². The van der Waals surface area contributed by atoms with Crippen molar-refractivity contribution in [3.63, 3.8) is 0 Å². The summed E-state index contributed by atoms with van der Waals surface area (Å²) in [7, 11) is 0.979. The van der Waals surface area contributed by atoms with Crippen LogP contribution in [-0.4, -0.2) is 57.8 Å². The molecule has 0 unspecified atom stereocenters. The molecule has 1 N–H and O–H groups in total. The van der Waals surface area contributed by atoms with E-state index in [2.05, 4.69) is 9.82 Å². The second kappa shape index (κ2) is 7.96. The highest BCUT2D eigenvalue weighted by molar-refractivity contribution is 7.89. The van der Waals surface area contributed by atoms with Crippen molar-refractivity contribution in [3.05, 3.63) is 57.0 Å². The van der Waals surface area contributed by atoms with E-state index in [4.69, 9.17) is 0 Å². The van der Waals surface area contributed by atoms with E-state index < -0.39 is 26.8 Å². The third-order valence-electron chi connectivity index (χ3n) is 5.78. The van der Waals surface area contributed by atoms with Gasteiger partial charge in [0.15, 0.2) is 0 Å². The number of carbonyl (C=O) groups excluding carboxylic acids is 1. The summed E-state index contributed by atoms with van der Waals surface area (Å²) in [4.78, 5) is 40.3. The Morgan fingerprint density at radius 1 is 1.21 bits per heavy atom. The van der Waals surface area contributed by atoms with Crippen LogP contribution in [0.5, 0.6) is 0 Å². The summed E-state index contributed by atoms with van der Waals surface area (Å²) < 4.78 is 32.2. The predicted octanol–water partition coefficient (Wildman–Crippen LogP) is -0.136. The molecule has 1 saturated carbocycles. The molecule has 1 fully saturated rings. The zero-order valence-electron chi connectivity index (χ0n) is 18.9. The zero-order valence-corrected chi connectivity index (χ0v) is 19.7. The molecule has 3 aromatic rings. The summed E-state index contributed by atoms with van der Waals surface area (Å²) in [6.07, 6.45) is 4.69. The van der Waals surface area contributed by atoms with E-state index in [9.17, 15) is 22.8 Å². The van der Waals surface area contributed by atoms with Gasteiger partial charge in [0.25, 0.3) is 5.56 Å². The summed E-state index contributed by atoms with van der Waals surface area (Å²) in [5.41, 5.74) is -0.966. The SMILES string of the molecule is CN(C)C(=O)Cn1c(=O)n(Cc2cnn(C)c2)c(=O)c2cc(S(=O)(=O)NC3(C)CC3)ccc21. The lowest BCUT2D eigenvalue weighted by Gasteiger charge is -2.17. The summed E-state index contributed by atoms with van der Waals surface area (Å²) in [5.74, 6) is -0.343. The minimum atomic E-state index is -3.87. The number of hydrogen-bond donors (Lipinski definition) is 1. The van der Waals surface area contributed by atoms with Crippen molar-refractivity contribution in [3.8, 4) is 0 Å². The lowest BCUT2D eigenvalue weighted by atomic mass is 10.2. The topological polar surface area (TPSA) is 128 Å². The smallest absolute Gasteiger partial charge is 0.332 e. The van der Waals surface area contributed by atoms with Crippen molar-refractivity contribution in [2.45, 2.75) is 43.3 Å². The van der Waals surface area contributed by atoms with Crippen LogP contribution in [0.4, 0.5) is 0 Å². The van der Waals surface area contributed by atoms with E-state index in [1.807, 2.05) is 6.92 Å². The summed E-state index contributed by atoms with van der Waals surface area (Å²) >= 11 is 0. The molecule has 0 atom stereocenters. The first-order valence-corrected chi connectivity index (χ1v) is 11.9. The molecule has 4 rings (SSSR count). The standard InChI is InChI=1S/C21H26N6O5S/c1-21(7-8-21)23-33(31,32)15-5-6-17-16(9-15)19(29)27(12-14-10-22-25(4)11-14)20(30)26(17)13-18(28)24(2)3/h5-6,9-11,23H,7-8,12-13H2,1-4H3. The van der Waals surface area contributed by atoms with Gasteiger partial charge in [-0.1, -0.05) is 0 Å². The Morgan fingerprint density at radius 3 is 2.48 bits per heavy atom. The van der Waals surface area contributed by atoms with Gasteiger partial charge < -0.3 is 4.90 Å². The molecule has 1 aromatic carbocycles. The van der Waals surface area contributed by atoms with E-state index in [1.165, 1.54) is 33.9 Å². The fourth-order valence-electron chi connectivity index (χ4n) is 3.55. The van der Waals surface area contributed by atoms with Crippen molar-refractivity contribution < 1.29 is 13.2 Å². The minimum Gasteiger partial charge on any atom is -0.347 e. The minimum absolute atomic E-state index is 0.0360. The van der Waals surface area contributed by atoms with Crippen LogP contribution < -0.4 is 16.0 Å². The van der Waals surface area contributed by atoms with Crippen molar-refractivity contribution in [2.75, 3.05) is 14.1 Å². The van der Waals surface area contributed by atoms with Gasteiger partial charge in [0.1, 0.15) is 6.54 Å². The number of nitrogens with one attached hydrogen (secondary N) is 1. The Kier molecular flexibility index (Phi) is 5.53. The van der Waals surface area contributed by atoms with Gasteiger partial charge in [-0.25, -0.2) is 17.9 Å². The Morgan fingerprint density at radius 2 is 1.91 bits per heavy atom. The molecule has 2 heterocycles. The van der Waals surface area contributed by atoms with E-state index in [-0.39, 0.29) is 34.8 Å². The van der Waals surface area contributed by atoms with Crippen LogP contribution in [0.25, 0.3) is 10.9 Å². The van der Waals surface area contributed by atoms with Crippen LogP contribution >= 0.6 is 0 Å². The number of nitrogens with zero attached hydrogens (tertiary/aromatic N) is 5. The predicted molar refractivity (Wildman–Crippen MR) is 121 cm³/mol. The highest BCUT2D eigenvalue weighted by atomic mass is 32.2. The molecular weight excluding hydrogens is 448 g/mol. The molecule has 176 valence electrons. The van der Waals surface area contributed by atoms with Crippen molar-refractivity contribution in [1.29, 1.82) is 0 Å². The van der Waals surface area contributed by atoms with Crippen LogP contribution in [0.2, 0.25) is 0 Å². The van der Waals surface area contributed by atoms with Gasteiger partial charge in [0.05, 0.1) is 28.5 Å². The maximum atomic E-state index is 13.3. The van der Waals surface area contributed by atoms with Crippen LogP contribution in [0.15, 0.2) is 45.1 Å². The summed E-state index contributed by atoms with van der Waals surface area (Å²) in [6.45, 7) is 1.46. The number of aryl methyl sites for hydroxylation is 1. The van der Waals surface area contributed by atoms with E-state index >= 15 is 0 Å². The first kappa shape index (κ1) is 22.9. The van der Waals surface area contributed by atoms with Crippen LogP contribution in [0.3, 0.4) is 0 Å². The number of benzene rings is 1. The third-order valence-corrected chi connectivity index (χ3v) is 7.41. The molecule has 2 aromatic heterocycles. The van der Waals surface area contributed by atoms with Crippen molar-refractivity contribution >= 4 is 26.8 Å². The molecule has 0 bridgehead atoms. The molecule has 0 saturated heterocycles. The molecule has 1 amide bonds. The number of amides is 1. The number of aromatic nitrogens is 4. The van der Waals surface area contributed by atoms with Gasteiger partial charge >= 0.3 is 5.69 Å². The molecule has 0 spiro atoms. The highest BCUT2D eigenvalue weighted by Crippen LogP contribution is 2.36. The van der Waals surface area contributed by atoms with E-state index in [0.29, 0.717) is 5.56 Å². The second-order valence-corrected chi connectivity index (χ2v) is 10.6. The molecule has 33 heavy (non-hydrogen) atoms. The number of fused-ring (bicyclic) bond motifs is 1. The summed E-state index contributed by atoms with van der Waals surface area (Å²) in [6, 6.07) is 4.01. The van der Waals surface area contributed by atoms with Gasteiger partial charge in [0.2, 0.25) is 15.9 Å². The average Bonchev–Trinajstić information content (AvgIpc) is 3.31.